The fourth-order valence-corrected chi connectivity index (χ4v) is 3.55. The van der Waals surface area contributed by atoms with Gasteiger partial charge in [0.25, 0.3) is 0 Å². The lowest BCUT2D eigenvalue weighted by atomic mass is 9.87. The Morgan fingerprint density at radius 1 is 1.15 bits per heavy atom. The third kappa shape index (κ3) is 3.10. The summed E-state index contributed by atoms with van der Waals surface area (Å²) >= 11 is 0. The van der Waals surface area contributed by atoms with Crippen molar-refractivity contribution >= 4 is 5.78 Å². The molecule has 26 heavy (non-hydrogen) atoms. The van der Waals surface area contributed by atoms with E-state index in [1.807, 2.05) is 37.3 Å². The predicted octanol–water partition coefficient (Wildman–Crippen LogP) is 3.36. The molecule has 1 heterocycles. The number of hydrogen-bond acceptors (Lipinski definition) is 3. The molecule has 0 spiro atoms. The minimum atomic E-state index is 0.0305. The van der Waals surface area contributed by atoms with E-state index < -0.39 is 0 Å². The van der Waals surface area contributed by atoms with Crippen molar-refractivity contribution in [2.24, 2.45) is 0 Å². The molecular weight excluding hydrogens is 322 g/mol. The number of nitrogens with two attached hydrogens (primary N) is 1. The van der Waals surface area contributed by atoms with Crippen LogP contribution in [0.4, 0.5) is 0 Å². The summed E-state index contributed by atoms with van der Waals surface area (Å²) in [6.07, 6.45) is 6.16. The first-order valence-electron chi connectivity index (χ1n) is 8.90. The molecule has 2 aromatic carbocycles. The van der Waals surface area contributed by atoms with Crippen molar-refractivity contribution in [1.82, 2.24) is 5.10 Å². The molecule has 0 radical (unpaired) electrons. The molecule has 0 aliphatic heterocycles. The highest BCUT2D eigenvalue weighted by Gasteiger charge is 2.45. The monoisotopic (exact) mass is 344 g/mol. The molecule has 2 N–H and O–H groups in total. The minimum Gasteiger partial charge on any atom is -0.294 e. The molecule has 0 atom stereocenters. The van der Waals surface area contributed by atoms with Crippen molar-refractivity contribution in [1.29, 1.82) is 0 Å². The van der Waals surface area contributed by atoms with Gasteiger partial charge in [-0.3, -0.25) is 4.79 Å². The van der Waals surface area contributed by atoms with Gasteiger partial charge in [-0.05, 0) is 42.5 Å². The van der Waals surface area contributed by atoms with Crippen LogP contribution in [0.1, 0.15) is 40.7 Å². The maximum absolute atomic E-state index is 13.0. The summed E-state index contributed by atoms with van der Waals surface area (Å²) in [7, 11) is 0. The Labute approximate surface area is 153 Å². The summed E-state index contributed by atoms with van der Waals surface area (Å²) in [4.78, 5) is 14.3. The van der Waals surface area contributed by atoms with Crippen LogP contribution in [0.25, 0.3) is 11.1 Å². The molecular formula is C22H22N3O+. The molecule has 1 aliphatic rings. The highest BCUT2D eigenvalue weighted by molar-refractivity contribution is 5.98. The van der Waals surface area contributed by atoms with E-state index in [1.165, 1.54) is 10.4 Å². The second kappa shape index (κ2) is 6.37. The largest absolute Gasteiger partial charge is 0.294 e. The van der Waals surface area contributed by atoms with Crippen LogP contribution in [0.2, 0.25) is 0 Å². The van der Waals surface area contributed by atoms with Crippen molar-refractivity contribution in [2.45, 2.75) is 31.6 Å². The maximum Gasteiger partial charge on any atom is 0.230 e. The Hall–Kier alpha value is -3.01. The van der Waals surface area contributed by atoms with Crippen molar-refractivity contribution in [3.63, 3.8) is 0 Å². The van der Waals surface area contributed by atoms with Crippen LogP contribution in [-0.2, 0) is 5.41 Å². The highest BCUT2D eigenvalue weighted by Crippen LogP contribution is 2.51. The van der Waals surface area contributed by atoms with Crippen molar-refractivity contribution < 1.29 is 9.59 Å². The minimum absolute atomic E-state index is 0.0305. The number of carbonyl (C=O) groups is 1. The second-order valence-corrected chi connectivity index (χ2v) is 7.17. The van der Waals surface area contributed by atoms with Crippen molar-refractivity contribution in [3.8, 4) is 11.1 Å². The molecule has 1 aliphatic carbocycles. The lowest BCUT2D eigenvalue weighted by Crippen LogP contribution is -2.47. The van der Waals surface area contributed by atoms with E-state index in [0.29, 0.717) is 6.42 Å². The van der Waals surface area contributed by atoms with Gasteiger partial charge in [0.05, 0.1) is 0 Å². The molecule has 0 unspecified atom stereocenters. The van der Waals surface area contributed by atoms with Crippen LogP contribution in [0.15, 0.2) is 67.0 Å². The van der Waals surface area contributed by atoms with Gasteiger partial charge in [-0.2, -0.15) is 5.84 Å². The number of aromatic nitrogens is 2. The second-order valence-electron chi connectivity index (χ2n) is 7.17. The lowest BCUT2D eigenvalue weighted by molar-refractivity contribution is -0.700. The normalized spacial score (nSPS) is 14.8. The highest BCUT2D eigenvalue weighted by atomic mass is 16.1. The van der Waals surface area contributed by atoms with Gasteiger partial charge in [0, 0.05) is 38.9 Å². The van der Waals surface area contributed by atoms with Crippen LogP contribution in [-0.4, -0.2) is 10.9 Å². The summed E-state index contributed by atoms with van der Waals surface area (Å²) in [6, 6.07) is 18.2. The van der Waals surface area contributed by atoms with E-state index in [2.05, 4.69) is 29.4 Å². The van der Waals surface area contributed by atoms with E-state index in [0.717, 1.165) is 35.1 Å². The van der Waals surface area contributed by atoms with E-state index in [4.69, 9.17) is 5.84 Å². The number of ketones is 1. The van der Waals surface area contributed by atoms with E-state index in [9.17, 15) is 4.79 Å². The van der Waals surface area contributed by atoms with E-state index in [-0.39, 0.29) is 11.2 Å². The molecule has 0 amide bonds. The molecule has 3 aromatic rings. The molecule has 1 saturated carbocycles. The van der Waals surface area contributed by atoms with Gasteiger partial charge < -0.3 is 0 Å². The van der Waals surface area contributed by atoms with Gasteiger partial charge in [-0.15, -0.1) is 0 Å². The molecule has 1 aromatic heterocycles. The molecule has 4 nitrogen and oxygen atoms in total. The molecule has 1 fully saturated rings. The molecule has 4 rings (SSSR count). The predicted molar refractivity (Wildman–Crippen MR) is 101 cm³/mol. The van der Waals surface area contributed by atoms with E-state index in [1.54, 1.807) is 12.4 Å². The lowest BCUT2D eigenvalue weighted by Gasteiger charge is -2.15. The molecule has 0 saturated heterocycles. The number of benzene rings is 2. The van der Waals surface area contributed by atoms with Gasteiger partial charge in [-0.1, -0.05) is 42.5 Å². The fourth-order valence-electron chi connectivity index (χ4n) is 3.55. The Balaban J connectivity index is 1.61. The average Bonchev–Trinajstić information content (AvgIpc) is 3.44. The summed E-state index contributed by atoms with van der Waals surface area (Å²) in [5.74, 6) is 5.80. The van der Waals surface area contributed by atoms with Gasteiger partial charge in [-0.25, -0.2) is 0 Å². The molecule has 4 heteroatoms. The van der Waals surface area contributed by atoms with Gasteiger partial charge in [0.15, 0.2) is 5.78 Å². The number of carbonyl (C=O) groups excluding carboxylic acids is 1. The first kappa shape index (κ1) is 16.5. The SMILES string of the molecule is Cc1ccc(C(=O)CC2(c3ccccc3)CC2)cc1-c1cc[n+](N)nc1. The average molecular weight is 344 g/mol. The Kier molecular flexibility index (Phi) is 4.03. The van der Waals surface area contributed by atoms with Gasteiger partial charge >= 0.3 is 0 Å². The molecule has 130 valence electrons. The summed E-state index contributed by atoms with van der Waals surface area (Å²) in [5, 5.41) is 4.09. The Morgan fingerprint density at radius 3 is 2.58 bits per heavy atom. The van der Waals surface area contributed by atoms with E-state index >= 15 is 0 Å². The number of nitrogens with zero attached hydrogens (tertiary/aromatic N) is 2. The maximum atomic E-state index is 13.0. The van der Waals surface area contributed by atoms with Gasteiger partial charge in [0.1, 0.15) is 6.20 Å². The first-order valence-corrected chi connectivity index (χ1v) is 8.90. The van der Waals surface area contributed by atoms with Crippen LogP contribution in [0, 0.1) is 6.92 Å². The zero-order valence-corrected chi connectivity index (χ0v) is 14.9. The Bertz CT molecular complexity index is 945. The van der Waals surface area contributed by atoms with Crippen molar-refractivity contribution in [2.75, 3.05) is 5.84 Å². The third-order valence-corrected chi connectivity index (χ3v) is 5.35. The molecule has 0 bridgehead atoms. The standard InChI is InChI=1S/C22H22N3O/c1-16-7-8-17(13-20(16)18-9-12-25(23)24-15-18)21(26)14-22(10-11-22)19-5-3-2-4-6-19/h2-9,12-13,15H,10-11,14H2,1H3,(H2,23,24)/q+1. The fraction of sp³-hybridized carbons (Fsp3) is 0.227. The first-order chi connectivity index (χ1) is 12.6. The number of Topliss-reactive ketones (excluding diaryl/α,β-unsaturated/α-hetero) is 1. The third-order valence-electron chi connectivity index (χ3n) is 5.35. The quantitative estimate of drug-likeness (QED) is 0.439. The van der Waals surface area contributed by atoms with Crippen LogP contribution >= 0.6 is 0 Å². The summed E-state index contributed by atoms with van der Waals surface area (Å²) in [6.45, 7) is 2.04. The number of nitrogen functional groups attached to an aromatic ring is 1. The smallest absolute Gasteiger partial charge is 0.230 e. The topological polar surface area (TPSA) is 59.9 Å². The summed E-state index contributed by atoms with van der Waals surface area (Å²) < 4.78 is 0. The van der Waals surface area contributed by atoms with Crippen molar-refractivity contribution in [3.05, 3.63) is 83.7 Å². The number of rotatable bonds is 5. The summed E-state index contributed by atoms with van der Waals surface area (Å²) in [5.41, 5.74) is 5.17. The zero-order valence-electron chi connectivity index (χ0n) is 14.9. The number of hydrogen-bond donors (Lipinski definition) is 1. The zero-order chi connectivity index (χ0) is 18.1. The van der Waals surface area contributed by atoms with Crippen LogP contribution in [0.5, 0.6) is 0 Å². The van der Waals surface area contributed by atoms with Gasteiger partial charge in [0.2, 0.25) is 6.20 Å². The van der Waals surface area contributed by atoms with Crippen LogP contribution < -0.4 is 10.6 Å². The Morgan fingerprint density at radius 2 is 1.92 bits per heavy atom. The van der Waals surface area contributed by atoms with Crippen LogP contribution in [0.3, 0.4) is 0 Å². The number of aryl methyl sites for hydroxylation is 1.